The molecule has 0 N–H and O–H groups in total. The Hall–Kier alpha value is -2.48. The van der Waals surface area contributed by atoms with Gasteiger partial charge in [-0.2, -0.15) is 0 Å². The lowest BCUT2D eigenvalue weighted by molar-refractivity contribution is -0.384. The normalized spacial score (nSPS) is 16.7. The van der Waals surface area contributed by atoms with E-state index in [0.29, 0.717) is 26.3 Å². The maximum Gasteiger partial charge on any atom is 0.338 e. The fraction of sp³-hybridized carbons (Fsp3) is 0.500. The Kier molecular flexibility index (Phi) is 5.86. The number of non-ortho nitro benzene ring substituents is 1. The first-order chi connectivity index (χ1) is 11.5. The number of nitro groups is 1. The lowest BCUT2D eigenvalue weighted by Crippen LogP contribution is -2.35. The number of rotatable bonds is 6. The van der Waals surface area contributed by atoms with Gasteiger partial charge in [-0.1, -0.05) is 0 Å². The summed E-state index contributed by atoms with van der Waals surface area (Å²) in [6.07, 6.45) is 0.881. The van der Waals surface area contributed by atoms with Crippen molar-refractivity contribution >= 4 is 17.6 Å². The Morgan fingerprint density at radius 1 is 1.38 bits per heavy atom. The van der Waals surface area contributed by atoms with Crippen LogP contribution < -0.4 is 0 Å². The third-order valence-electron chi connectivity index (χ3n) is 3.97. The molecule has 0 spiro atoms. The van der Waals surface area contributed by atoms with Gasteiger partial charge in [0.15, 0.2) is 0 Å². The van der Waals surface area contributed by atoms with Crippen LogP contribution in [-0.4, -0.2) is 55.1 Å². The van der Waals surface area contributed by atoms with E-state index in [4.69, 9.17) is 4.74 Å². The molecule has 1 saturated heterocycles. The fourth-order valence-corrected chi connectivity index (χ4v) is 2.65. The molecule has 1 amide bonds. The van der Waals surface area contributed by atoms with E-state index in [1.165, 1.54) is 19.2 Å². The lowest BCUT2D eigenvalue weighted by atomic mass is 10.1. The summed E-state index contributed by atoms with van der Waals surface area (Å²) in [5.41, 5.74) is -0.234. The van der Waals surface area contributed by atoms with Gasteiger partial charge in [0.25, 0.3) is 11.6 Å². The number of nitro benzene ring substituents is 1. The first-order valence-corrected chi connectivity index (χ1v) is 7.71. The van der Waals surface area contributed by atoms with Gasteiger partial charge >= 0.3 is 5.97 Å². The van der Waals surface area contributed by atoms with E-state index in [9.17, 15) is 19.7 Å². The molecule has 0 radical (unpaired) electrons. The molecule has 8 heteroatoms. The van der Waals surface area contributed by atoms with Gasteiger partial charge in [-0.15, -0.1) is 0 Å². The van der Waals surface area contributed by atoms with Crippen LogP contribution in [0.5, 0.6) is 0 Å². The van der Waals surface area contributed by atoms with E-state index < -0.39 is 10.9 Å². The van der Waals surface area contributed by atoms with E-state index in [2.05, 4.69) is 4.74 Å². The van der Waals surface area contributed by atoms with Crippen LogP contribution in [0.1, 0.15) is 34.1 Å². The molecule has 24 heavy (non-hydrogen) atoms. The van der Waals surface area contributed by atoms with Crippen molar-refractivity contribution in [3.05, 3.63) is 39.4 Å². The first kappa shape index (κ1) is 17.9. The zero-order valence-electron chi connectivity index (χ0n) is 13.7. The van der Waals surface area contributed by atoms with Crippen molar-refractivity contribution < 1.29 is 24.0 Å². The molecule has 8 nitrogen and oxygen atoms in total. The second kappa shape index (κ2) is 7.87. The number of ether oxygens (including phenoxy) is 2. The summed E-state index contributed by atoms with van der Waals surface area (Å²) in [6, 6.07) is 3.61. The number of hydrogen-bond acceptors (Lipinski definition) is 6. The minimum atomic E-state index is -0.722. The van der Waals surface area contributed by atoms with Gasteiger partial charge < -0.3 is 14.4 Å². The average Bonchev–Trinajstić information content (AvgIpc) is 3.10. The van der Waals surface area contributed by atoms with Crippen LogP contribution in [0.2, 0.25) is 0 Å². The van der Waals surface area contributed by atoms with Crippen LogP contribution in [0.4, 0.5) is 5.69 Å². The second-order valence-corrected chi connectivity index (χ2v) is 5.59. The number of carbonyl (C=O) groups excluding carboxylic acids is 2. The largest absolute Gasteiger partial charge is 0.465 e. The molecule has 1 heterocycles. The number of carbonyl (C=O) groups is 2. The molecule has 1 fully saturated rings. The lowest BCUT2D eigenvalue weighted by Gasteiger charge is -2.24. The van der Waals surface area contributed by atoms with E-state index in [1.807, 2.05) is 6.92 Å². The summed E-state index contributed by atoms with van der Waals surface area (Å²) >= 11 is 0. The molecular formula is C16H20N2O6. The van der Waals surface area contributed by atoms with Gasteiger partial charge in [-0.05, 0) is 19.4 Å². The number of nitrogens with zero attached hydrogens (tertiary/aromatic N) is 2. The summed E-state index contributed by atoms with van der Waals surface area (Å²) in [7, 11) is 1.18. The van der Waals surface area contributed by atoms with Crippen molar-refractivity contribution in [3.63, 3.8) is 0 Å². The molecule has 1 aromatic rings. The topological polar surface area (TPSA) is 99.0 Å². The Balaban J connectivity index is 2.29. The molecule has 1 aromatic carbocycles. The zero-order valence-corrected chi connectivity index (χ0v) is 13.7. The summed E-state index contributed by atoms with van der Waals surface area (Å²) < 4.78 is 9.91. The van der Waals surface area contributed by atoms with Crippen LogP contribution in [0.25, 0.3) is 0 Å². The van der Waals surface area contributed by atoms with Crippen molar-refractivity contribution in [2.75, 3.05) is 33.4 Å². The fourth-order valence-electron chi connectivity index (χ4n) is 2.65. The van der Waals surface area contributed by atoms with Crippen LogP contribution >= 0.6 is 0 Å². The molecule has 0 aromatic heterocycles. The monoisotopic (exact) mass is 336 g/mol. The third-order valence-corrected chi connectivity index (χ3v) is 3.97. The quantitative estimate of drug-likeness (QED) is 0.447. The van der Waals surface area contributed by atoms with E-state index in [1.54, 1.807) is 4.90 Å². The molecule has 1 atom stereocenters. The van der Waals surface area contributed by atoms with Crippen LogP contribution in [0.3, 0.4) is 0 Å². The Labute approximate surface area is 139 Å². The Morgan fingerprint density at radius 3 is 2.62 bits per heavy atom. The van der Waals surface area contributed by atoms with E-state index in [0.717, 1.165) is 12.5 Å². The number of esters is 1. The predicted molar refractivity (Wildman–Crippen MR) is 84.9 cm³/mol. The van der Waals surface area contributed by atoms with Gasteiger partial charge in [0.2, 0.25) is 0 Å². The second-order valence-electron chi connectivity index (χ2n) is 5.59. The van der Waals surface area contributed by atoms with Gasteiger partial charge in [0, 0.05) is 43.3 Å². The molecule has 2 rings (SSSR count). The van der Waals surface area contributed by atoms with Crippen LogP contribution in [-0.2, 0) is 9.47 Å². The first-order valence-electron chi connectivity index (χ1n) is 7.71. The molecular weight excluding hydrogens is 316 g/mol. The molecule has 130 valence electrons. The zero-order chi connectivity index (χ0) is 17.7. The third kappa shape index (κ3) is 4.08. The van der Waals surface area contributed by atoms with E-state index in [-0.39, 0.29) is 28.6 Å². The molecule has 0 bridgehead atoms. The number of benzene rings is 1. The van der Waals surface area contributed by atoms with Gasteiger partial charge in [-0.3, -0.25) is 14.9 Å². The molecule has 1 aliphatic heterocycles. The maximum absolute atomic E-state index is 12.7. The Bertz CT molecular complexity index is 639. The van der Waals surface area contributed by atoms with E-state index >= 15 is 0 Å². The standard InChI is InChI=1S/C16H20N2O6/c1-3-17(9-11-4-5-24-10-11)15(19)12-6-13(16(20)23-2)8-14(7-12)18(21)22/h6-8,11H,3-5,9-10H2,1-2H3/t11-/m0/s1. The van der Waals surface area contributed by atoms with Crippen molar-refractivity contribution in [1.82, 2.24) is 4.90 Å². The molecule has 0 saturated carbocycles. The highest BCUT2D eigenvalue weighted by atomic mass is 16.6. The van der Waals surface area contributed by atoms with Crippen molar-refractivity contribution in [2.24, 2.45) is 5.92 Å². The minimum absolute atomic E-state index is 0.0182. The SMILES string of the molecule is CCN(C[C@@H]1CCOC1)C(=O)c1cc(C(=O)OC)cc([N+](=O)[O-])c1. The van der Waals surface area contributed by atoms with Gasteiger partial charge in [0.05, 0.1) is 24.2 Å². The van der Waals surface area contributed by atoms with Crippen molar-refractivity contribution in [2.45, 2.75) is 13.3 Å². The molecule has 0 unspecified atom stereocenters. The number of hydrogen-bond donors (Lipinski definition) is 0. The highest BCUT2D eigenvalue weighted by molar-refractivity contribution is 5.99. The van der Waals surface area contributed by atoms with Gasteiger partial charge in [0.1, 0.15) is 0 Å². The number of methoxy groups -OCH3 is 1. The summed E-state index contributed by atoms with van der Waals surface area (Å²) in [4.78, 5) is 36.5. The predicted octanol–water partition coefficient (Wildman–Crippen LogP) is 1.88. The van der Waals surface area contributed by atoms with Crippen molar-refractivity contribution in [3.8, 4) is 0 Å². The van der Waals surface area contributed by atoms with Gasteiger partial charge in [-0.25, -0.2) is 4.79 Å². The minimum Gasteiger partial charge on any atom is -0.465 e. The molecule has 1 aliphatic rings. The summed E-state index contributed by atoms with van der Waals surface area (Å²) in [5.74, 6) is -0.814. The highest BCUT2D eigenvalue weighted by Crippen LogP contribution is 2.21. The average molecular weight is 336 g/mol. The Morgan fingerprint density at radius 2 is 2.08 bits per heavy atom. The smallest absolute Gasteiger partial charge is 0.338 e. The number of amides is 1. The van der Waals surface area contributed by atoms with Crippen LogP contribution in [0.15, 0.2) is 18.2 Å². The highest BCUT2D eigenvalue weighted by Gasteiger charge is 2.25. The van der Waals surface area contributed by atoms with Crippen molar-refractivity contribution in [1.29, 1.82) is 0 Å². The summed E-state index contributed by atoms with van der Waals surface area (Å²) in [6.45, 7) is 4.11. The molecule has 0 aliphatic carbocycles. The van der Waals surface area contributed by atoms with Crippen LogP contribution in [0, 0.1) is 16.0 Å². The summed E-state index contributed by atoms with van der Waals surface area (Å²) in [5, 5.41) is 11.1. The maximum atomic E-state index is 12.7.